The lowest BCUT2D eigenvalue weighted by atomic mass is 9.96. The zero-order valence-electron chi connectivity index (χ0n) is 17.9. The third-order valence-corrected chi connectivity index (χ3v) is 4.91. The van der Waals surface area contributed by atoms with Crippen LogP contribution in [0.5, 0.6) is 11.5 Å². The summed E-state index contributed by atoms with van der Waals surface area (Å²) in [5.41, 5.74) is 5.29. The molecule has 30 heavy (non-hydrogen) atoms. The Hall–Kier alpha value is -3.47. The molecule has 5 heteroatoms. The predicted octanol–water partition coefficient (Wildman–Crippen LogP) is 5.52. The van der Waals surface area contributed by atoms with Crippen molar-refractivity contribution in [2.75, 3.05) is 20.3 Å². The molecule has 1 amide bonds. The Morgan fingerprint density at radius 1 is 1.30 bits per heavy atom. The first-order chi connectivity index (χ1) is 14.5. The number of amides is 1. The molecule has 156 valence electrons. The van der Waals surface area contributed by atoms with Crippen molar-refractivity contribution in [1.29, 1.82) is 0 Å². The van der Waals surface area contributed by atoms with Gasteiger partial charge in [0.05, 0.1) is 20.0 Å². The lowest BCUT2D eigenvalue weighted by molar-refractivity contribution is -0.116. The maximum atomic E-state index is 12.2. The molecule has 0 saturated carbocycles. The van der Waals surface area contributed by atoms with E-state index in [1.165, 1.54) is 0 Å². The first-order valence-corrected chi connectivity index (χ1v) is 9.89. The number of furan rings is 1. The molecular formula is C25H27NO4. The van der Waals surface area contributed by atoms with Crippen molar-refractivity contribution in [2.45, 2.75) is 20.8 Å². The van der Waals surface area contributed by atoms with Crippen molar-refractivity contribution in [1.82, 2.24) is 5.32 Å². The third-order valence-electron chi connectivity index (χ3n) is 4.91. The molecule has 0 saturated heterocycles. The summed E-state index contributed by atoms with van der Waals surface area (Å²) < 4.78 is 17.2. The van der Waals surface area contributed by atoms with Crippen LogP contribution >= 0.6 is 0 Å². The molecule has 1 aromatic heterocycles. The van der Waals surface area contributed by atoms with E-state index in [4.69, 9.17) is 13.9 Å². The van der Waals surface area contributed by atoms with Crippen LogP contribution in [0.3, 0.4) is 0 Å². The average Bonchev–Trinajstić information content (AvgIpc) is 3.18. The van der Waals surface area contributed by atoms with Crippen LogP contribution in [0.1, 0.15) is 25.0 Å². The quantitative estimate of drug-likeness (QED) is 0.396. The van der Waals surface area contributed by atoms with Gasteiger partial charge in [0.2, 0.25) is 5.91 Å². The highest BCUT2D eigenvalue weighted by molar-refractivity contribution is 6.01. The van der Waals surface area contributed by atoms with Crippen LogP contribution in [0, 0.1) is 6.92 Å². The molecule has 0 spiro atoms. The van der Waals surface area contributed by atoms with Crippen molar-refractivity contribution in [3.05, 3.63) is 66.5 Å². The first-order valence-electron chi connectivity index (χ1n) is 9.89. The Morgan fingerprint density at radius 2 is 2.10 bits per heavy atom. The number of methoxy groups -OCH3 is 1. The van der Waals surface area contributed by atoms with Gasteiger partial charge in [0.1, 0.15) is 17.1 Å². The van der Waals surface area contributed by atoms with Crippen molar-refractivity contribution in [3.63, 3.8) is 0 Å². The molecule has 1 heterocycles. The van der Waals surface area contributed by atoms with E-state index in [-0.39, 0.29) is 5.91 Å². The summed E-state index contributed by atoms with van der Waals surface area (Å²) in [5, 5.41) is 3.73. The number of hydrogen-bond acceptors (Lipinski definition) is 4. The minimum absolute atomic E-state index is 0.173. The second-order valence-electron chi connectivity index (χ2n) is 6.93. The number of allylic oxidation sites excluding steroid dienone is 1. The van der Waals surface area contributed by atoms with E-state index in [0.717, 1.165) is 50.3 Å². The van der Waals surface area contributed by atoms with Gasteiger partial charge in [-0.3, -0.25) is 4.79 Å². The van der Waals surface area contributed by atoms with E-state index < -0.39 is 0 Å². The number of hydrogen-bond donors (Lipinski definition) is 1. The Labute approximate surface area is 177 Å². The number of fused-ring (bicyclic) bond motifs is 1. The zero-order valence-corrected chi connectivity index (χ0v) is 17.9. The van der Waals surface area contributed by atoms with Gasteiger partial charge in [0.15, 0.2) is 0 Å². The van der Waals surface area contributed by atoms with Gasteiger partial charge in [0, 0.05) is 34.7 Å². The molecule has 0 fully saturated rings. The van der Waals surface area contributed by atoms with Crippen LogP contribution < -0.4 is 14.8 Å². The molecule has 2 aromatic carbocycles. The normalized spacial score (nSPS) is 11.4. The molecule has 0 aliphatic carbocycles. The van der Waals surface area contributed by atoms with Crippen molar-refractivity contribution in [3.8, 4) is 22.6 Å². The third kappa shape index (κ3) is 4.25. The van der Waals surface area contributed by atoms with Gasteiger partial charge in [-0.15, -0.1) is 6.58 Å². The summed E-state index contributed by atoms with van der Waals surface area (Å²) >= 11 is 0. The van der Waals surface area contributed by atoms with E-state index >= 15 is 0 Å². The average molecular weight is 405 g/mol. The number of ether oxygens (including phenoxy) is 2. The summed E-state index contributed by atoms with van der Waals surface area (Å²) in [4.78, 5) is 12.2. The molecular weight excluding hydrogens is 378 g/mol. The highest BCUT2D eigenvalue weighted by Crippen LogP contribution is 2.41. The van der Waals surface area contributed by atoms with Gasteiger partial charge >= 0.3 is 0 Å². The Balaban J connectivity index is 2.18. The molecule has 3 aromatic rings. The number of rotatable bonds is 8. The van der Waals surface area contributed by atoms with Gasteiger partial charge < -0.3 is 19.2 Å². The number of benzene rings is 2. The van der Waals surface area contributed by atoms with Crippen molar-refractivity contribution in [2.24, 2.45) is 0 Å². The molecule has 3 rings (SSSR count). The maximum Gasteiger partial charge on any atom is 0.244 e. The van der Waals surface area contributed by atoms with Crippen LogP contribution in [0.15, 0.2) is 59.7 Å². The van der Waals surface area contributed by atoms with E-state index in [1.807, 2.05) is 51.1 Å². The van der Waals surface area contributed by atoms with Crippen LogP contribution in [-0.4, -0.2) is 26.2 Å². The predicted molar refractivity (Wildman–Crippen MR) is 121 cm³/mol. The summed E-state index contributed by atoms with van der Waals surface area (Å²) in [5.74, 6) is 1.33. The monoisotopic (exact) mass is 405 g/mol. The standard InChI is InChI=1S/C25H27NO4/c1-6-11-26-23(27)12-16(3)20-14-21-22(18-9-8-10-19(13-18)28-5)15-30-25(21)17(4)24(20)29-7-2/h6,8-10,12-15H,1,7,11H2,2-5H3,(H,26,27)/b16-12+. The van der Waals surface area contributed by atoms with E-state index in [9.17, 15) is 4.79 Å². The lowest BCUT2D eigenvalue weighted by Gasteiger charge is -2.15. The number of aryl methyl sites for hydroxylation is 1. The summed E-state index contributed by atoms with van der Waals surface area (Å²) in [6, 6.07) is 9.87. The number of nitrogens with one attached hydrogen (secondary N) is 1. The van der Waals surface area contributed by atoms with E-state index in [0.29, 0.717) is 13.2 Å². The Morgan fingerprint density at radius 3 is 2.80 bits per heavy atom. The Bertz CT molecular complexity index is 1110. The van der Waals surface area contributed by atoms with Crippen LogP contribution in [0.2, 0.25) is 0 Å². The van der Waals surface area contributed by atoms with Gasteiger partial charge in [0.25, 0.3) is 0 Å². The molecule has 0 unspecified atom stereocenters. The molecule has 0 atom stereocenters. The van der Waals surface area contributed by atoms with Crippen LogP contribution in [-0.2, 0) is 4.79 Å². The molecule has 1 N–H and O–H groups in total. The maximum absolute atomic E-state index is 12.2. The van der Waals surface area contributed by atoms with Gasteiger partial charge in [-0.1, -0.05) is 18.2 Å². The topological polar surface area (TPSA) is 60.7 Å². The van der Waals surface area contributed by atoms with E-state index in [2.05, 4.69) is 11.9 Å². The molecule has 0 radical (unpaired) electrons. The SMILES string of the molecule is C=CCNC(=O)/C=C(\C)c1cc2c(-c3cccc(OC)c3)coc2c(C)c1OCC. The van der Waals surface area contributed by atoms with Crippen molar-refractivity contribution < 1.29 is 18.7 Å². The highest BCUT2D eigenvalue weighted by Gasteiger charge is 2.19. The fourth-order valence-corrected chi connectivity index (χ4v) is 3.45. The fourth-order valence-electron chi connectivity index (χ4n) is 3.45. The summed E-state index contributed by atoms with van der Waals surface area (Å²) in [6.07, 6.45) is 4.98. The van der Waals surface area contributed by atoms with Gasteiger partial charge in [-0.2, -0.15) is 0 Å². The van der Waals surface area contributed by atoms with Crippen LogP contribution in [0.25, 0.3) is 27.7 Å². The zero-order chi connectivity index (χ0) is 21.7. The molecule has 0 bridgehead atoms. The highest BCUT2D eigenvalue weighted by atomic mass is 16.5. The van der Waals surface area contributed by atoms with Gasteiger partial charge in [-0.05, 0) is 50.1 Å². The smallest absolute Gasteiger partial charge is 0.244 e. The second kappa shape index (κ2) is 9.35. The summed E-state index contributed by atoms with van der Waals surface area (Å²) in [6.45, 7) is 10.4. The van der Waals surface area contributed by atoms with Crippen LogP contribution in [0.4, 0.5) is 0 Å². The van der Waals surface area contributed by atoms with E-state index in [1.54, 1.807) is 25.5 Å². The fraction of sp³-hybridized carbons (Fsp3) is 0.240. The minimum atomic E-state index is -0.173. The molecule has 0 aliphatic heterocycles. The number of carbonyl (C=O) groups is 1. The second-order valence-corrected chi connectivity index (χ2v) is 6.93. The largest absolute Gasteiger partial charge is 0.497 e. The lowest BCUT2D eigenvalue weighted by Crippen LogP contribution is -2.20. The molecule has 5 nitrogen and oxygen atoms in total. The minimum Gasteiger partial charge on any atom is -0.497 e. The number of carbonyl (C=O) groups excluding carboxylic acids is 1. The first kappa shape index (κ1) is 21.2. The molecule has 0 aliphatic rings. The van der Waals surface area contributed by atoms with Crippen molar-refractivity contribution >= 4 is 22.4 Å². The summed E-state index contributed by atoms with van der Waals surface area (Å²) in [7, 11) is 1.65. The van der Waals surface area contributed by atoms with Gasteiger partial charge in [-0.25, -0.2) is 0 Å². The Kier molecular flexibility index (Phi) is 6.62.